The zero-order valence-electron chi connectivity index (χ0n) is 19.6. The molecule has 180 valence electrons. The fourth-order valence-corrected chi connectivity index (χ4v) is 3.44. The summed E-state index contributed by atoms with van der Waals surface area (Å²) in [5.41, 5.74) is 0. The Bertz CT molecular complexity index is 311. The van der Waals surface area contributed by atoms with E-state index in [1.807, 2.05) is 0 Å². The Morgan fingerprint density at radius 1 is 0.467 bits per heavy atom. The van der Waals surface area contributed by atoms with Crippen molar-refractivity contribution in [3.63, 3.8) is 0 Å². The highest BCUT2D eigenvalue weighted by atomic mass is 16.6. The molecule has 1 rings (SSSR count). The smallest absolute Gasteiger partial charge is 0.0809 e. The van der Waals surface area contributed by atoms with Crippen LogP contribution in [0.15, 0.2) is 0 Å². The SMILES string of the molecule is CCCCCCCCCCCCC1COCCOCCOCCOCCOCCO1. The molecule has 6 nitrogen and oxygen atoms in total. The molecule has 0 spiro atoms. The van der Waals surface area contributed by atoms with Gasteiger partial charge in [0, 0.05) is 0 Å². The second-order valence-corrected chi connectivity index (χ2v) is 7.99. The highest BCUT2D eigenvalue weighted by Crippen LogP contribution is 2.13. The van der Waals surface area contributed by atoms with Crippen molar-refractivity contribution in [2.45, 2.75) is 83.7 Å². The lowest BCUT2D eigenvalue weighted by atomic mass is 10.0. The van der Waals surface area contributed by atoms with Gasteiger partial charge in [0.25, 0.3) is 0 Å². The highest BCUT2D eigenvalue weighted by molar-refractivity contribution is 4.59. The van der Waals surface area contributed by atoms with Crippen LogP contribution in [0.2, 0.25) is 0 Å². The highest BCUT2D eigenvalue weighted by Gasteiger charge is 2.10. The minimum absolute atomic E-state index is 0.140. The first-order chi connectivity index (χ1) is 14.9. The fourth-order valence-electron chi connectivity index (χ4n) is 3.44. The first kappa shape index (κ1) is 27.8. The van der Waals surface area contributed by atoms with E-state index in [9.17, 15) is 0 Å². The second kappa shape index (κ2) is 23.4. The molecular weight excluding hydrogens is 384 g/mol. The Labute approximate surface area is 185 Å². The topological polar surface area (TPSA) is 55.4 Å². The molecule has 1 heterocycles. The van der Waals surface area contributed by atoms with Gasteiger partial charge in [-0.1, -0.05) is 71.1 Å². The van der Waals surface area contributed by atoms with Crippen molar-refractivity contribution in [1.82, 2.24) is 0 Å². The summed E-state index contributed by atoms with van der Waals surface area (Å²) in [7, 11) is 0. The van der Waals surface area contributed by atoms with Crippen LogP contribution >= 0.6 is 0 Å². The molecule has 1 fully saturated rings. The molecule has 0 aromatic heterocycles. The Balaban J connectivity index is 2.10. The molecular formula is C24H48O6. The third-order valence-electron chi connectivity index (χ3n) is 5.25. The molecule has 1 aliphatic rings. The quantitative estimate of drug-likeness (QED) is 0.438. The van der Waals surface area contributed by atoms with Gasteiger partial charge < -0.3 is 28.4 Å². The Kier molecular flexibility index (Phi) is 21.7. The molecule has 0 N–H and O–H groups in total. The zero-order chi connectivity index (χ0) is 21.4. The van der Waals surface area contributed by atoms with Gasteiger partial charge in [0.1, 0.15) is 0 Å². The number of ether oxygens (including phenoxy) is 6. The van der Waals surface area contributed by atoms with Crippen LogP contribution < -0.4 is 0 Å². The minimum atomic E-state index is 0.140. The van der Waals surface area contributed by atoms with E-state index in [1.165, 1.54) is 64.2 Å². The lowest BCUT2D eigenvalue weighted by Crippen LogP contribution is -2.24. The molecule has 0 aromatic rings. The molecule has 6 heteroatoms. The van der Waals surface area contributed by atoms with Gasteiger partial charge in [0.15, 0.2) is 0 Å². The Morgan fingerprint density at radius 2 is 0.867 bits per heavy atom. The molecule has 0 saturated carbocycles. The molecule has 0 bridgehead atoms. The van der Waals surface area contributed by atoms with Gasteiger partial charge in [0.2, 0.25) is 0 Å². The molecule has 30 heavy (non-hydrogen) atoms. The first-order valence-electron chi connectivity index (χ1n) is 12.4. The molecule has 1 saturated heterocycles. The van der Waals surface area contributed by atoms with Crippen LogP contribution in [0.1, 0.15) is 77.6 Å². The van der Waals surface area contributed by atoms with Crippen molar-refractivity contribution in [1.29, 1.82) is 0 Å². The summed E-state index contributed by atoms with van der Waals surface area (Å²) in [5, 5.41) is 0. The fraction of sp³-hybridized carbons (Fsp3) is 1.00. The van der Waals surface area contributed by atoms with Gasteiger partial charge in [-0.05, 0) is 6.42 Å². The standard InChI is InChI=1S/C24H48O6/c1-2-3-4-5-6-7-8-9-10-11-12-24-23-29-20-19-27-16-15-25-13-14-26-17-18-28-21-22-30-24/h24H,2-23H2,1H3. The monoisotopic (exact) mass is 432 g/mol. The molecule has 0 amide bonds. The number of hydrogen-bond acceptors (Lipinski definition) is 6. The lowest BCUT2D eigenvalue weighted by Gasteiger charge is -2.18. The lowest BCUT2D eigenvalue weighted by molar-refractivity contribution is -0.0628. The zero-order valence-corrected chi connectivity index (χ0v) is 19.6. The van der Waals surface area contributed by atoms with E-state index >= 15 is 0 Å². The van der Waals surface area contributed by atoms with Gasteiger partial charge in [-0.3, -0.25) is 0 Å². The maximum absolute atomic E-state index is 6.02. The van der Waals surface area contributed by atoms with E-state index < -0.39 is 0 Å². The van der Waals surface area contributed by atoms with Crippen LogP contribution in [0.5, 0.6) is 0 Å². The van der Waals surface area contributed by atoms with Crippen molar-refractivity contribution >= 4 is 0 Å². The van der Waals surface area contributed by atoms with Crippen LogP contribution in [0.4, 0.5) is 0 Å². The maximum Gasteiger partial charge on any atom is 0.0809 e. The molecule has 1 aliphatic heterocycles. The van der Waals surface area contributed by atoms with E-state index in [0.29, 0.717) is 72.7 Å². The van der Waals surface area contributed by atoms with Gasteiger partial charge >= 0.3 is 0 Å². The van der Waals surface area contributed by atoms with Crippen molar-refractivity contribution in [3.8, 4) is 0 Å². The summed E-state index contributed by atoms with van der Waals surface area (Å²) in [5.74, 6) is 0. The van der Waals surface area contributed by atoms with Gasteiger partial charge in [-0.25, -0.2) is 0 Å². The van der Waals surface area contributed by atoms with E-state index in [-0.39, 0.29) is 6.10 Å². The summed E-state index contributed by atoms with van der Waals surface area (Å²) in [6, 6.07) is 0. The maximum atomic E-state index is 6.02. The van der Waals surface area contributed by atoms with Crippen LogP contribution in [0.25, 0.3) is 0 Å². The van der Waals surface area contributed by atoms with Gasteiger partial charge in [-0.15, -0.1) is 0 Å². The summed E-state index contributed by atoms with van der Waals surface area (Å²) < 4.78 is 33.8. The summed E-state index contributed by atoms with van der Waals surface area (Å²) >= 11 is 0. The third kappa shape index (κ3) is 19.7. The van der Waals surface area contributed by atoms with Crippen LogP contribution in [0, 0.1) is 0 Å². The van der Waals surface area contributed by atoms with Gasteiger partial charge in [0.05, 0.1) is 78.8 Å². The summed E-state index contributed by atoms with van der Waals surface area (Å²) in [6.45, 7) is 8.81. The molecule has 1 atom stereocenters. The molecule has 0 aromatic carbocycles. The van der Waals surface area contributed by atoms with Crippen molar-refractivity contribution in [2.75, 3.05) is 72.7 Å². The van der Waals surface area contributed by atoms with Crippen molar-refractivity contribution in [2.24, 2.45) is 0 Å². The third-order valence-corrected chi connectivity index (χ3v) is 5.25. The average molecular weight is 433 g/mol. The largest absolute Gasteiger partial charge is 0.377 e. The summed E-state index contributed by atoms with van der Waals surface area (Å²) in [4.78, 5) is 0. The average Bonchev–Trinajstić information content (AvgIpc) is 2.76. The number of unbranched alkanes of at least 4 members (excludes halogenated alkanes) is 9. The summed E-state index contributed by atoms with van der Waals surface area (Å²) in [6.07, 6.45) is 14.7. The normalized spacial score (nSPS) is 21.7. The van der Waals surface area contributed by atoms with Crippen LogP contribution in [-0.2, 0) is 28.4 Å². The van der Waals surface area contributed by atoms with Gasteiger partial charge in [-0.2, -0.15) is 0 Å². The van der Waals surface area contributed by atoms with Crippen LogP contribution in [0.3, 0.4) is 0 Å². The predicted octanol–water partition coefficient (Wildman–Crippen LogP) is 4.78. The first-order valence-corrected chi connectivity index (χ1v) is 12.4. The minimum Gasteiger partial charge on any atom is -0.377 e. The molecule has 1 unspecified atom stereocenters. The molecule has 0 radical (unpaired) electrons. The number of rotatable bonds is 11. The Morgan fingerprint density at radius 3 is 1.37 bits per heavy atom. The van der Waals surface area contributed by atoms with Crippen molar-refractivity contribution in [3.05, 3.63) is 0 Å². The predicted molar refractivity (Wildman–Crippen MR) is 120 cm³/mol. The van der Waals surface area contributed by atoms with Crippen molar-refractivity contribution < 1.29 is 28.4 Å². The number of hydrogen-bond donors (Lipinski definition) is 0. The van der Waals surface area contributed by atoms with E-state index in [1.54, 1.807) is 0 Å². The van der Waals surface area contributed by atoms with Crippen LogP contribution in [-0.4, -0.2) is 78.8 Å². The Hall–Kier alpha value is -0.240. The van der Waals surface area contributed by atoms with E-state index in [4.69, 9.17) is 28.4 Å². The van der Waals surface area contributed by atoms with E-state index in [2.05, 4.69) is 6.92 Å². The van der Waals surface area contributed by atoms with E-state index in [0.717, 1.165) is 6.42 Å². The second-order valence-electron chi connectivity index (χ2n) is 7.99. The molecule has 0 aliphatic carbocycles.